The van der Waals surface area contributed by atoms with Crippen LogP contribution in [0.4, 0.5) is 5.95 Å². The van der Waals surface area contributed by atoms with Gasteiger partial charge in [0.1, 0.15) is 17.7 Å². The van der Waals surface area contributed by atoms with E-state index in [4.69, 9.17) is 15.0 Å². The summed E-state index contributed by atoms with van der Waals surface area (Å²) < 4.78 is 9.43. The fourth-order valence-electron chi connectivity index (χ4n) is 5.41. The Hall–Kier alpha value is -4.39. The van der Waals surface area contributed by atoms with E-state index in [0.717, 1.165) is 81.8 Å². The molecular weight excluding hydrogens is 494 g/mol. The van der Waals surface area contributed by atoms with Gasteiger partial charge in [0.15, 0.2) is 5.65 Å². The van der Waals surface area contributed by atoms with E-state index in [-0.39, 0.29) is 12.1 Å². The molecule has 198 valence electrons. The fraction of sp³-hybridized carbons (Fsp3) is 0.444. The summed E-state index contributed by atoms with van der Waals surface area (Å²) in [6, 6.07) is 6.50. The zero-order valence-electron chi connectivity index (χ0n) is 21.6. The molecule has 1 saturated carbocycles. The molecule has 2 fully saturated rings. The molecule has 39 heavy (non-hydrogen) atoms. The van der Waals surface area contributed by atoms with Crippen molar-refractivity contribution in [3.63, 3.8) is 0 Å². The highest BCUT2D eigenvalue weighted by molar-refractivity contribution is 5.72. The van der Waals surface area contributed by atoms with Crippen molar-refractivity contribution in [2.45, 2.75) is 44.3 Å². The number of imidazole rings is 1. The maximum absolute atomic E-state index is 9.70. The van der Waals surface area contributed by atoms with Gasteiger partial charge in [-0.2, -0.15) is 15.6 Å². The van der Waals surface area contributed by atoms with Gasteiger partial charge in [-0.3, -0.25) is 9.58 Å². The van der Waals surface area contributed by atoms with E-state index in [2.05, 4.69) is 47.0 Å². The van der Waals surface area contributed by atoms with Crippen molar-refractivity contribution in [3.8, 4) is 23.4 Å². The smallest absolute Gasteiger partial charge is 0.223 e. The lowest BCUT2D eigenvalue weighted by molar-refractivity contribution is 0.0360. The summed E-state index contributed by atoms with van der Waals surface area (Å²) in [5.74, 6) is 0.503. The standard InChI is InChI=1S/C27H29N11O/c28-12-19-10-24-26(30-14-19)38(18-32-24)23-3-1-2-22(11-23)34-27-31-15-20(13-29)25(35-27)21-16-33-37(17-21)5-4-36-6-8-39-9-7-36/h10,14-18,22-23H,1-9,11H2,(H,31,34,35)/t22-,23+/m1/s1. The zero-order chi connectivity index (χ0) is 26.6. The number of hydrogen-bond donors (Lipinski definition) is 1. The van der Waals surface area contributed by atoms with Gasteiger partial charge in [-0.25, -0.2) is 19.9 Å². The summed E-state index contributed by atoms with van der Waals surface area (Å²) in [5.41, 5.74) is 3.83. The van der Waals surface area contributed by atoms with Crippen LogP contribution in [0.2, 0.25) is 0 Å². The molecule has 2 aliphatic rings. The third kappa shape index (κ3) is 5.43. The minimum absolute atomic E-state index is 0.164. The molecule has 0 bridgehead atoms. The average molecular weight is 524 g/mol. The lowest BCUT2D eigenvalue weighted by atomic mass is 9.91. The van der Waals surface area contributed by atoms with Gasteiger partial charge in [-0.15, -0.1) is 0 Å². The van der Waals surface area contributed by atoms with Crippen molar-refractivity contribution in [2.75, 3.05) is 38.2 Å². The number of nitrogens with one attached hydrogen (secondary N) is 1. The fourth-order valence-corrected chi connectivity index (χ4v) is 5.41. The van der Waals surface area contributed by atoms with Crippen LogP contribution in [0.5, 0.6) is 0 Å². The number of aromatic nitrogens is 7. The normalized spacial score (nSPS) is 19.9. The third-order valence-electron chi connectivity index (χ3n) is 7.48. The molecule has 0 aromatic carbocycles. The second-order valence-corrected chi connectivity index (χ2v) is 10.0. The quantitative estimate of drug-likeness (QED) is 0.383. The van der Waals surface area contributed by atoms with Gasteiger partial charge in [0.05, 0.1) is 55.3 Å². The SMILES string of the molecule is N#Cc1cnc2c(c1)ncn2[C@H]1CCC[C@@H](Nc2ncc(C#N)c(-c3cnn(CCN4CCOCC4)c3)n2)C1. The third-order valence-corrected chi connectivity index (χ3v) is 7.48. The van der Waals surface area contributed by atoms with Crippen LogP contribution in [0.1, 0.15) is 42.9 Å². The second kappa shape index (κ2) is 11.2. The Morgan fingerprint density at radius 2 is 1.92 bits per heavy atom. The Morgan fingerprint density at radius 3 is 2.77 bits per heavy atom. The number of hydrogen-bond acceptors (Lipinski definition) is 10. The Kier molecular flexibility index (Phi) is 7.13. The minimum Gasteiger partial charge on any atom is -0.379 e. The molecule has 4 aromatic rings. The molecule has 5 heterocycles. The molecule has 0 spiro atoms. The molecule has 0 amide bonds. The van der Waals surface area contributed by atoms with Crippen LogP contribution in [-0.4, -0.2) is 78.1 Å². The highest BCUT2D eigenvalue weighted by Gasteiger charge is 2.26. The van der Waals surface area contributed by atoms with Gasteiger partial charge in [0.25, 0.3) is 0 Å². The zero-order valence-corrected chi connectivity index (χ0v) is 21.6. The lowest BCUT2D eigenvalue weighted by Crippen LogP contribution is -2.38. The molecular formula is C27H29N11O. The number of nitriles is 2. The highest BCUT2D eigenvalue weighted by Crippen LogP contribution is 2.32. The van der Waals surface area contributed by atoms with Gasteiger partial charge in [-0.1, -0.05) is 0 Å². The first-order chi connectivity index (χ1) is 19.2. The molecule has 0 unspecified atom stereocenters. The molecule has 1 N–H and O–H groups in total. The van der Waals surface area contributed by atoms with Gasteiger partial charge >= 0.3 is 0 Å². The van der Waals surface area contributed by atoms with Gasteiger partial charge in [-0.05, 0) is 31.7 Å². The Balaban J connectivity index is 1.15. The lowest BCUT2D eigenvalue weighted by Gasteiger charge is -2.30. The van der Waals surface area contributed by atoms with E-state index in [1.807, 2.05) is 17.2 Å². The Labute approximate surface area is 225 Å². The maximum atomic E-state index is 9.70. The van der Waals surface area contributed by atoms with Gasteiger partial charge < -0.3 is 14.6 Å². The van der Waals surface area contributed by atoms with Crippen molar-refractivity contribution < 1.29 is 4.74 Å². The van der Waals surface area contributed by atoms with Crippen LogP contribution in [0, 0.1) is 22.7 Å². The monoisotopic (exact) mass is 523 g/mol. The number of pyridine rings is 1. The van der Waals surface area contributed by atoms with E-state index in [0.29, 0.717) is 22.8 Å². The number of morpholine rings is 1. The van der Waals surface area contributed by atoms with Crippen LogP contribution in [0.15, 0.2) is 37.2 Å². The summed E-state index contributed by atoms with van der Waals surface area (Å²) >= 11 is 0. The first kappa shape index (κ1) is 24.9. The summed E-state index contributed by atoms with van der Waals surface area (Å²) in [7, 11) is 0. The number of rotatable bonds is 7. The number of anilines is 1. The van der Waals surface area contributed by atoms with Gasteiger partial charge in [0, 0.05) is 49.7 Å². The maximum Gasteiger partial charge on any atom is 0.223 e. The van der Waals surface area contributed by atoms with Gasteiger partial charge in [0.2, 0.25) is 5.95 Å². The molecule has 1 saturated heterocycles. The summed E-state index contributed by atoms with van der Waals surface area (Å²) in [5, 5.41) is 26.9. The molecule has 2 atom stereocenters. The van der Waals surface area contributed by atoms with Crippen molar-refractivity contribution in [2.24, 2.45) is 0 Å². The van der Waals surface area contributed by atoms with E-state index in [9.17, 15) is 5.26 Å². The van der Waals surface area contributed by atoms with Crippen LogP contribution in [0.3, 0.4) is 0 Å². The van der Waals surface area contributed by atoms with E-state index in [1.165, 1.54) is 0 Å². The molecule has 4 aromatic heterocycles. The predicted molar refractivity (Wildman–Crippen MR) is 142 cm³/mol. The Bertz CT molecular complexity index is 1540. The van der Waals surface area contributed by atoms with E-state index >= 15 is 0 Å². The van der Waals surface area contributed by atoms with Crippen LogP contribution in [0.25, 0.3) is 22.4 Å². The summed E-state index contributed by atoms with van der Waals surface area (Å²) in [6.07, 6.45) is 12.6. The molecule has 6 rings (SSSR count). The van der Waals surface area contributed by atoms with Crippen molar-refractivity contribution >= 4 is 17.1 Å². The summed E-state index contributed by atoms with van der Waals surface area (Å²) in [4.78, 5) is 20.5. The van der Waals surface area contributed by atoms with Crippen molar-refractivity contribution in [3.05, 3.63) is 48.3 Å². The van der Waals surface area contributed by atoms with Crippen molar-refractivity contribution in [1.29, 1.82) is 10.5 Å². The highest BCUT2D eigenvalue weighted by atomic mass is 16.5. The predicted octanol–water partition coefficient (Wildman–Crippen LogP) is 2.76. The molecule has 12 nitrogen and oxygen atoms in total. The molecule has 1 aliphatic heterocycles. The first-order valence-corrected chi connectivity index (χ1v) is 13.3. The van der Waals surface area contributed by atoms with E-state index < -0.39 is 0 Å². The minimum atomic E-state index is 0.164. The first-order valence-electron chi connectivity index (χ1n) is 13.3. The molecule has 0 radical (unpaired) electrons. The molecule has 1 aliphatic carbocycles. The molecule has 12 heteroatoms. The van der Waals surface area contributed by atoms with Crippen LogP contribution in [-0.2, 0) is 11.3 Å². The average Bonchev–Trinajstić information content (AvgIpc) is 3.64. The number of fused-ring (bicyclic) bond motifs is 1. The number of nitrogens with zero attached hydrogens (tertiary/aromatic N) is 10. The Morgan fingerprint density at radius 1 is 1.03 bits per heavy atom. The van der Waals surface area contributed by atoms with Crippen molar-refractivity contribution in [1.82, 2.24) is 39.2 Å². The topological polar surface area (TPSA) is 146 Å². The second-order valence-electron chi connectivity index (χ2n) is 10.0. The van der Waals surface area contributed by atoms with E-state index in [1.54, 1.807) is 24.7 Å². The summed E-state index contributed by atoms with van der Waals surface area (Å²) in [6.45, 7) is 5.07. The number of ether oxygens (including phenoxy) is 1. The van der Waals surface area contributed by atoms with Crippen LogP contribution < -0.4 is 5.32 Å². The van der Waals surface area contributed by atoms with Crippen LogP contribution >= 0.6 is 0 Å². The largest absolute Gasteiger partial charge is 0.379 e.